The van der Waals surface area contributed by atoms with E-state index in [9.17, 15) is 4.79 Å². The first-order valence-electron chi connectivity index (χ1n) is 5.35. The van der Waals surface area contributed by atoms with E-state index >= 15 is 0 Å². The molecule has 0 aliphatic carbocycles. The Hall–Kier alpha value is -2.29. The second-order valence-corrected chi connectivity index (χ2v) is 3.50. The number of amides is 1. The van der Waals surface area contributed by atoms with Crippen LogP contribution in [-0.4, -0.2) is 13.1 Å². The van der Waals surface area contributed by atoms with Crippen molar-refractivity contribution in [2.75, 3.05) is 6.73 Å². The van der Waals surface area contributed by atoms with Crippen molar-refractivity contribution in [1.82, 2.24) is 5.32 Å². The number of benzene rings is 2. The Morgan fingerprint density at radius 3 is 2.24 bits per heavy atom. The average Bonchev–Trinajstić information content (AvgIpc) is 2.41. The summed E-state index contributed by atoms with van der Waals surface area (Å²) >= 11 is 0. The van der Waals surface area contributed by atoms with E-state index in [1.807, 2.05) is 42.5 Å². The molecule has 1 amide bonds. The van der Waals surface area contributed by atoms with Crippen molar-refractivity contribution in [3.8, 4) is 16.9 Å². The van der Waals surface area contributed by atoms with E-state index in [0.717, 1.165) is 11.3 Å². The first-order valence-corrected chi connectivity index (χ1v) is 5.35. The van der Waals surface area contributed by atoms with Gasteiger partial charge < -0.3 is 10.1 Å². The molecule has 17 heavy (non-hydrogen) atoms. The van der Waals surface area contributed by atoms with E-state index in [-0.39, 0.29) is 6.73 Å². The first-order chi connectivity index (χ1) is 8.40. The molecule has 0 atom stereocenters. The number of carbonyl (C=O) groups is 1. The van der Waals surface area contributed by atoms with E-state index in [4.69, 9.17) is 4.74 Å². The highest BCUT2D eigenvalue weighted by molar-refractivity contribution is 5.63. The molecule has 3 nitrogen and oxygen atoms in total. The number of ether oxygens (including phenoxy) is 1. The Morgan fingerprint density at radius 1 is 0.941 bits per heavy atom. The highest BCUT2D eigenvalue weighted by atomic mass is 16.5. The van der Waals surface area contributed by atoms with Gasteiger partial charge in [-0.05, 0) is 23.3 Å². The van der Waals surface area contributed by atoms with Crippen LogP contribution in [0.2, 0.25) is 0 Å². The van der Waals surface area contributed by atoms with Crippen molar-refractivity contribution < 1.29 is 9.53 Å². The van der Waals surface area contributed by atoms with E-state index in [1.165, 1.54) is 5.56 Å². The molecule has 0 aliphatic heterocycles. The summed E-state index contributed by atoms with van der Waals surface area (Å²) in [7, 11) is 0. The maximum Gasteiger partial charge on any atom is 0.209 e. The quantitative estimate of drug-likeness (QED) is 0.484. The van der Waals surface area contributed by atoms with Crippen LogP contribution < -0.4 is 10.1 Å². The van der Waals surface area contributed by atoms with Gasteiger partial charge in [-0.1, -0.05) is 42.5 Å². The third-order valence-electron chi connectivity index (χ3n) is 2.37. The minimum atomic E-state index is 0.189. The van der Waals surface area contributed by atoms with E-state index in [1.54, 1.807) is 0 Å². The van der Waals surface area contributed by atoms with Crippen molar-refractivity contribution in [3.63, 3.8) is 0 Å². The number of rotatable bonds is 5. The van der Waals surface area contributed by atoms with Gasteiger partial charge in [-0.3, -0.25) is 4.79 Å². The SMILES string of the molecule is O=CNCOc1ccc(-c2ccccc2)cc1. The summed E-state index contributed by atoms with van der Waals surface area (Å²) < 4.78 is 5.29. The van der Waals surface area contributed by atoms with Gasteiger partial charge in [0, 0.05) is 0 Å². The smallest absolute Gasteiger partial charge is 0.209 e. The molecule has 0 aliphatic rings. The van der Waals surface area contributed by atoms with Gasteiger partial charge in [0.1, 0.15) is 5.75 Å². The van der Waals surface area contributed by atoms with Crippen molar-refractivity contribution in [2.45, 2.75) is 0 Å². The maximum atomic E-state index is 10.0. The molecule has 0 spiro atoms. The zero-order valence-electron chi connectivity index (χ0n) is 9.30. The molecule has 2 rings (SSSR count). The lowest BCUT2D eigenvalue weighted by molar-refractivity contribution is -0.110. The van der Waals surface area contributed by atoms with Gasteiger partial charge in [-0.25, -0.2) is 0 Å². The van der Waals surface area contributed by atoms with Crippen LogP contribution in [0.3, 0.4) is 0 Å². The van der Waals surface area contributed by atoms with Crippen LogP contribution in [0.5, 0.6) is 5.75 Å². The van der Waals surface area contributed by atoms with Crippen LogP contribution in [0.4, 0.5) is 0 Å². The molecule has 0 saturated carbocycles. The van der Waals surface area contributed by atoms with Gasteiger partial charge in [-0.2, -0.15) is 0 Å². The van der Waals surface area contributed by atoms with Crippen LogP contribution in [-0.2, 0) is 4.79 Å². The predicted molar refractivity (Wildman–Crippen MR) is 66.6 cm³/mol. The fourth-order valence-electron chi connectivity index (χ4n) is 1.53. The minimum Gasteiger partial charge on any atom is -0.473 e. The first kappa shape index (κ1) is 11.2. The van der Waals surface area contributed by atoms with Crippen LogP contribution in [0.25, 0.3) is 11.1 Å². The topological polar surface area (TPSA) is 38.3 Å². The number of nitrogens with one attached hydrogen (secondary N) is 1. The third-order valence-corrected chi connectivity index (χ3v) is 2.37. The molecule has 86 valence electrons. The Kier molecular flexibility index (Phi) is 3.76. The zero-order valence-corrected chi connectivity index (χ0v) is 9.30. The van der Waals surface area contributed by atoms with Crippen LogP contribution in [0.1, 0.15) is 0 Å². The minimum absolute atomic E-state index is 0.189. The Bertz CT molecular complexity index is 465. The van der Waals surface area contributed by atoms with Crippen molar-refractivity contribution in [1.29, 1.82) is 0 Å². The van der Waals surface area contributed by atoms with Gasteiger partial charge in [-0.15, -0.1) is 0 Å². The summed E-state index contributed by atoms with van der Waals surface area (Å²) in [6, 6.07) is 17.9. The lowest BCUT2D eigenvalue weighted by Gasteiger charge is -2.06. The molecule has 2 aromatic rings. The second-order valence-electron chi connectivity index (χ2n) is 3.50. The van der Waals surface area contributed by atoms with Crippen LogP contribution in [0.15, 0.2) is 54.6 Å². The van der Waals surface area contributed by atoms with E-state index < -0.39 is 0 Å². The Morgan fingerprint density at radius 2 is 1.59 bits per heavy atom. The fraction of sp³-hybridized carbons (Fsp3) is 0.0714. The predicted octanol–water partition coefficient (Wildman–Crippen LogP) is 2.44. The van der Waals surface area contributed by atoms with E-state index in [0.29, 0.717) is 6.41 Å². The Labute approximate surface area is 100 Å². The van der Waals surface area contributed by atoms with Gasteiger partial charge in [0.25, 0.3) is 0 Å². The number of hydrogen-bond acceptors (Lipinski definition) is 2. The Balaban J connectivity index is 2.05. The summed E-state index contributed by atoms with van der Waals surface area (Å²) in [5.74, 6) is 0.735. The molecule has 1 N–H and O–H groups in total. The van der Waals surface area contributed by atoms with Crippen molar-refractivity contribution in [3.05, 3.63) is 54.6 Å². The highest BCUT2D eigenvalue weighted by Gasteiger charge is 1.97. The number of carbonyl (C=O) groups excluding carboxylic acids is 1. The van der Waals surface area contributed by atoms with Gasteiger partial charge in [0.05, 0.1) is 0 Å². The highest BCUT2D eigenvalue weighted by Crippen LogP contribution is 2.21. The summed E-state index contributed by atoms with van der Waals surface area (Å²) in [4.78, 5) is 10.0. The molecule has 0 heterocycles. The third kappa shape index (κ3) is 3.08. The van der Waals surface area contributed by atoms with Crippen LogP contribution >= 0.6 is 0 Å². The summed E-state index contributed by atoms with van der Waals surface area (Å²) in [5, 5.41) is 2.44. The molecule has 0 radical (unpaired) electrons. The molecule has 0 fully saturated rings. The molecule has 3 heteroatoms. The molecule has 0 aromatic heterocycles. The molecular formula is C14H13NO2. The average molecular weight is 227 g/mol. The summed E-state index contributed by atoms with van der Waals surface area (Å²) in [6.07, 6.45) is 0.609. The number of hydrogen-bond donors (Lipinski definition) is 1. The summed E-state index contributed by atoms with van der Waals surface area (Å²) in [6.45, 7) is 0.189. The molecule has 0 bridgehead atoms. The maximum absolute atomic E-state index is 10.0. The standard InChI is InChI=1S/C14H13NO2/c16-10-15-11-17-14-8-6-13(7-9-14)12-4-2-1-3-5-12/h1-10H,11H2,(H,15,16). The molecule has 2 aromatic carbocycles. The lowest BCUT2D eigenvalue weighted by Crippen LogP contribution is -2.17. The molecule has 0 unspecified atom stereocenters. The monoisotopic (exact) mass is 227 g/mol. The normalized spacial score (nSPS) is 9.65. The largest absolute Gasteiger partial charge is 0.473 e. The molecular weight excluding hydrogens is 214 g/mol. The lowest BCUT2D eigenvalue weighted by atomic mass is 10.1. The van der Waals surface area contributed by atoms with Crippen molar-refractivity contribution >= 4 is 6.41 Å². The van der Waals surface area contributed by atoms with Gasteiger partial charge >= 0.3 is 0 Å². The van der Waals surface area contributed by atoms with E-state index in [2.05, 4.69) is 17.4 Å². The second kappa shape index (κ2) is 5.70. The zero-order chi connectivity index (χ0) is 11.9. The van der Waals surface area contributed by atoms with Gasteiger partial charge in [0.2, 0.25) is 6.41 Å². The van der Waals surface area contributed by atoms with Gasteiger partial charge in [0.15, 0.2) is 6.73 Å². The van der Waals surface area contributed by atoms with Crippen LogP contribution in [0, 0.1) is 0 Å². The van der Waals surface area contributed by atoms with Crippen molar-refractivity contribution in [2.24, 2.45) is 0 Å². The fourth-order valence-corrected chi connectivity index (χ4v) is 1.53. The summed E-state index contributed by atoms with van der Waals surface area (Å²) in [5.41, 5.74) is 2.31. The molecule has 0 saturated heterocycles.